The van der Waals surface area contributed by atoms with E-state index in [1.165, 1.54) is 11.1 Å². The Morgan fingerprint density at radius 1 is 1.24 bits per heavy atom. The van der Waals surface area contributed by atoms with Gasteiger partial charge in [-0.25, -0.2) is 0 Å². The quantitative estimate of drug-likeness (QED) is 0.846. The average Bonchev–Trinajstić information content (AvgIpc) is 2.83. The van der Waals surface area contributed by atoms with Crippen molar-refractivity contribution in [2.45, 2.75) is 26.2 Å². The molecule has 0 bridgehead atoms. The highest BCUT2D eigenvalue weighted by Gasteiger charge is 2.16. The zero-order valence-electron chi connectivity index (χ0n) is 13.0. The monoisotopic (exact) mass is 305 g/mol. The van der Waals surface area contributed by atoms with E-state index in [0.29, 0.717) is 11.8 Å². The Hall–Kier alpha value is -1.32. The number of hydrogen-bond donors (Lipinski definition) is 1. The van der Waals surface area contributed by atoms with Crippen molar-refractivity contribution in [2.24, 2.45) is 13.0 Å². The highest BCUT2D eigenvalue weighted by Crippen LogP contribution is 2.27. The van der Waals surface area contributed by atoms with Gasteiger partial charge in [0.05, 0.1) is 6.20 Å². The molecule has 114 valence electrons. The van der Waals surface area contributed by atoms with Crippen molar-refractivity contribution < 1.29 is 0 Å². The number of hydrogen-bond acceptors (Lipinski definition) is 2. The van der Waals surface area contributed by atoms with Gasteiger partial charge in [-0.15, -0.1) is 0 Å². The Balaban J connectivity index is 2.12. The summed E-state index contributed by atoms with van der Waals surface area (Å²) in [6, 6.07) is 8.13. The van der Waals surface area contributed by atoms with Gasteiger partial charge in [0.2, 0.25) is 0 Å². The van der Waals surface area contributed by atoms with Gasteiger partial charge in [-0.05, 0) is 36.1 Å². The van der Waals surface area contributed by atoms with Gasteiger partial charge in [0, 0.05) is 30.7 Å². The lowest BCUT2D eigenvalue weighted by molar-refractivity contribution is 0.514. The first-order chi connectivity index (χ1) is 10.1. The maximum atomic E-state index is 6.38. The largest absolute Gasteiger partial charge is 0.316 e. The van der Waals surface area contributed by atoms with Gasteiger partial charge in [0.15, 0.2) is 0 Å². The molecule has 0 aliphatic carbocycles. The van der Waals surface area contributed by atoms with Crippen molar-refractivity contribution in [1.82, 2.24) is 15.1 Å². The van der Waals surface area contributed by atoms with Crippen LogP contribution >= 0.6 is 11.6 Å². The molecule has 0 amide bonds. The van der Waals surface area contributed by atoms with Crippen molar-refractivity contribution >= 4 is 11.6 Å². The molecule has 21 heavy (non-hydrogen) atoms. The second-order valence-corrected chi connectivity index (χ2v) is 6.40. The average molecular weight is 306 g/mol. The first-order valence-corrected chi connectivity index (χ1v) is 7.86. The highest BCUT2D eigenvalue weighted by atomic mass is 35.5. The summed E-state index contributed by atoms with van der Waals surface area (Å²) < 4.78 is 1.85. The molecule has 0 spiro atoms. The molecule has 2 aromatic rings. The molecule has 1 aromatic heterocycles. The summed E-state index contributed by atoms with van der Waals surface area (Å²) in [5, 5.41) is 8.65. The van der Waals surface area contributed by atoms with Crippen LogP contribution in [-0.4, -0.2) is 22.9 Å². The molecule has 1 N–H and O–H groups in total. The number of benzene rings is 1. The van der Waals surface area contributed by atoms with Crippen molar-refractivity contribution in [3.8, 4) is 0 Å². The van der Waals surface area contributed by atoms with Crippen LogP contribution in [0.25, 0.3) is 0 Å². The van der Waals surface area contributed by atoms with Crippen LogP contribution in [0.2, 0.25) is 5.02 Å². The Morgan fingerprint density at radius 2 is 2.00 bits per heavy atom. The minimum Gasteiger partial charge on any atom is -0.316 e. The van der Waals surface area contributed by atoms with E-state index in [1.807, 2.05) is 30.1 Å². The molecule has 1 aromatic carbocycles. The molecule has 4 heteroatoms. The number of rotatable bonds is 7. The molecule has 0 radical (unpaired) electrons. The van der Waals surface area contributed by atoms with Crippen LogP contribution in [0.3, 0.4) is 0 Å². The molecule has 0 aliphatic rings. The van der Waals surface area contributed by atoms with E-state index >= 15 is 0 Å². The van der Waals surface area contributed by atoms with Crippen molar-refractivity contribution in [2.75, 3.05) is 13.1 Å². The number of halogens is 1. The van der Waals surface area contributed by atoms with Gasteiger partial charge in [0.25, 0.3) is 0 Å². The lowest BCUT2D eigenvalue weighted by Gasteiger charge is -2.19. The molecular weight excluding hydrogens is 282 g/mol. The van der Waals surface area contributed by atoms with Gasteiger partial charge in [-0.1, -0.05) is 43.6 Å². The van der Waals surface area contributed by atoms with Crippen LogP contribution in [0.5, 0.6) is 0 Å². The Labute approximate surface area is 132 Å². The third-order valence-electron chi connectivity index (χ3n) is 3.53. The lowest BCUT2D eigenvalue weighted by Crippen LogP contribution is -2.26. The molecular formula is C17H24ClN3. The topological polar surface area (TPSA) is 29.9 Å². The van der Waals surface area contributed by atoms with Crippen LogP contribution in [0.15, 0.2) is 36.7 Å². The molecule has 2 rings (SSSR count). The minimum absolute atomic E-state index is 0.363. The molecule has 0 aliphatic heterocycles. The predicted octanol–water partition coefficient (Wildman–Crippen LogP) is 3.65. The maximum absolute atomic E-state index is 6.38. The number of nitrogens with one attached hydrogen (secondary N) is 1. The Morgan fingerprint density at radius 3 is 2.62 bits per heavy atom. The molecule has 3 nitrogen and oxygen atoms in total. The second-order valence-electron chi connectivity index (χ2n) is 6.00. The summed E-state index contributed by atoms with van der Waals surface area (Å²) in [4.78, 5) is 0. The predicted molar refractivity (Wildman–Crippen MR) is 88.8 cm³/mol. The van der Waals surface area contributed by atoms with Crippen molar-refractivity contribution in [3.63, 3.8) is 0 Å². The lowest BCUT2D eigenvalue weighted by atomic mass is 9.93. The van der Waals surface area contributed by atoms with E-state index in [0.717, 1.165) is 24.5 Å². The Kier molecular flexibility index (Phi) is 5.83. The molecule has 0 fully saturated rings. The molecule has 1 atom stereocenters. The summed E-state index contributed by atoms with van der Waals surface area (Å²) in [6.07, 6.45) is 4.96. The maximum Gasteiger partial charge on any atom is 0.0521 e. The number of nitrogens with zero attached hydrogens (tertiary/aromatic N) is 2. The van der Waals surface area contributed by atoms with Crippen molar-refractivity contribution in [1.29, 1.82) is 0 Å². The van der Waals surface area contributed by atoms with Crippen LogP contribution < -0.4 is 5.32 Å². The zero-order chi connectivity index (χ0) is 15.2. The fourth-order valence-corrected chi connectivity index (χ4v) is 2.80. The van der Waals surface area contributed by atoms with E-state index in [2.05, 4.69) is 42.6 Å². The summed E-state index contributed by atoms with van der Waals surface area (Å²) in [7, 11) is 1.95. The first-order valence-electron chi connectivity index (χ1n) is 7.49. The third-order valence-corrected chi connectivity index (χ3v) is 3.87. The van der Waals surface area contributed by atoms with E-state index in [-0.39, 0.29) is 0 Å². The summed E-state index contributed by atoms with van der Waals surface area (Å²) >= 11 is 6.38. The summed E-state index contributed by atoms with van der Waals surface area (Å²) in [5.41, 5.74) is 2.45. The Bertz CT molecular complexity index is 563. The van der Waals surface area contributed by atoms with E-state index in [1.54, 1.807) is 0 Å². The fraction of sp³-hybridized carbons (Fsp3) is 0.471. The van der Waals surface area contributed by atoms with Crippen LogP contribution in [0.4, 0.5) is 0 Å². The van der Waals surface area contributed by atoms with Gasteiger partial charge in [0.1, 0.15) is 0 Å². The second kappa shape index (κ2) is 7.62. The van der Waals surface area contributed by atoms with E-state index in [9.17, 15) is 0 Å². The fourth-order valence-electron chi connectivity index (χ4n) is 2.51. The first kappa shape index (κ1) is 16.1. The van der Waals surface area contributed by atoms with Gasteiger partial charge >= 0.3 is 0 Å². The number of aryl methyl sites for hydroxylation is 1. The van der Waals surface area contributed by atoms with Gasteiger partial charge in [-0.3, -0.25) is 4.68 Å². The van der Waals surface area contributed by atoms with Gasteiger partial charge < -0.3 is 5.32 Å². The SMILES string of the molecule is CC(C)CNCC(Cc1cnn(C)c1)c1ccccc1Cl. The van der Waals surface area contributed by atoms with Crippen LogP contribution in [0, 0.1) is 5.92 Å². The summed E-state index contributed by atoms with van der Waals surface area (Å²) in [5.74, 6) is 1.01. The standard InChI is InChI=1S/C17H24ClN3/c1-13(2)9-19-11-15(8-14-10-20-21(3)12-14)16-6-4-5-7-17(16)18/h4-7,10,12-13,15,19H,8-9,11H2,1-3H3. The zero-order valence-corrected chi connectivity index (χ0v) is 13.8. The van der Waals surface area contributed by atoms with Crippen molar-refractivity contribution in [3.05, 3.63) is 52.8 Å². The smallest absolute Gasteiger partial charge is 0.0521 e. The van der Waals surface area contributed by atoms with E-state index < -0.39 is 0 Å². The summed E-state index contributed by atoms with van der Waals surface area (Å²) in [6.45, 7) is 6.39. The normalized spacial score (nSPS) is 12.8. The van der Waals surface area contributed by atoms with Gasteiger partial charge in [-0.2, -0.15) is 5.10 Å². The van der Waals surface area contributed by atoms with Crippen LogP contribution in [0.1, 0.15) is 30.9 Å². The van der Waals surface area contributed by atoms with E-state index in [4.69, 9.17) is 11.6 Å². The minimum atomic E-state index is 0.363. The molecule has 1 heterocycles. The number of aromatic nitrogens is 2. The highest BCUT2D eigenvalue weighted by molar-refractivity contribution is 6.31. The molecule has 1 unspecified atom stereocenters. The molecule has 0 saturated heterocycles. The molecule has 0 saturated carbocycles. The van der Waals surface area contributed by atoms with Crippen LogP contribution in [-0.2, 0) is 13.5 Å². The third kappa shape index (κ3) is 4.87.